The number of hydrogen-bond donors (Lipinski definition) is 4. The van der Waals surface area contributed by atoms with Gasteiger partial charge in [0.1, 0.15) is 5.60 Å². The first kappa shape index (κ1) is 36.0. The molecule has 2 saturated heterocycles. The third-order valence-corrected chi connectivity index (χ3v) is 6.59. The number of carboxylic acids is 2. The standard InChI is InChI=1S/C12H16N2O2.C9H18N2O2.C8H7BrO2.CH4/c15-12(16)11-3-1-10(2-4-11)9-14-7-5-13-6-8-14;1-9(2,3)13-8(12)11-6-4-10-5-7-11;9-5-6-1-3-7(4-2-6)8(10)11;/h1-4,13H,5-9H2,(H,15,16);10H,4-7H2,1-3H3;1-4H,5H2,(H,10,11);1H4. The summed E-state index contributed by atoms with van der Waals surface area (Å²) < 4.78 is 5.24. The van der Waals surface area contributed by atoms with Crippen LogP contribution in [-0.2, 0) is 16.6 Å². The second kappa shape index (κ2) is 18.4. The minimum Gasteiger partial charge on any atom is -0.478 e. The summed E-state index contributed by atoms with van der Waals surface area (Å²) in [4.78, 5) is 36.7. The van der Waals surface area contributed by atoms with Gasteiger partial charge in [-0.2, -0.15) is 0 Å². The van der Waals surface area contributed by atoms with E-state index in [0.29, 0.717) is 11.1 Å². The largest absolute Gasteiger partial charge is 0.478 e. The molecule has 41 heavy (non-hydrogen) atoms. The maximum Gasteiger partial charge on any atom is 0.410 e. The van der Waals surface area contributed by atoms with Gasteiger partial charge in [0.2, 0.25) is 0 Å². The number of piperazine rings is 2. The highest BCUT2D eigenvalue weighted by Crippen LogP contribution is 2.11. The molecule has 0 aromatic heterocycles. The molecule has 0 unspecified atom stereocenters. The highest BCUT2D eigenvalue weighted by atomic mass is 79.9. The summed E-state index contributed by atoms with van der Waals surface area (Å²) in [5.41, 5.74) is 2.54. The van der Waals surface area contributed by atoms with Gasteiger partial charge in [0.25, 0.3) is 0 Å². The Balaban J connectivity index is 0.000000310. The quantitative estimate of drug-likeness (QED) is 0.349. The summed E-state index contributed by atoms with van der Waals surface area (Å²) in [7, 11) is 0. The molecule has 228 valence electrons. The van der Waals surface area contributed by atoms with Crippen LogP contribution in [0.4, 0.5) is 4.79 Å². The maximum absolute atomic E-state index is 11.5. The number of amides is 1. The van der Waals surface area contributed by atoms with Gasteiger partial charge in [0.15, 0.2) is 0 Å². The molecule has 2 fully saturated rings. The molecule has 0 bridgehead atoms. The molecule has 11 heteroatoms. The number of benzene rings is 2. The van der Waals surface area contributed by atoms with Crippen molar-refractivity contribution in [3.8, 4) is 0 Å². The average molecular weight is 638 g/mol. The molecule has 4 N–H and O–H groups in total. The van der Waals surface area contributed by atoms with Crippen LogP contribution in [0.1, 0.15) is 60.0 Å². The highest BCUT2D eigenvalue weighted by Gasteiger charge is 2.22. The van der Waals surface area contributed by atoms with Gasteiger partial charge >= 0.3 is 18.0 Å². The van der Waals surface area contributed by atoms with Crippen LogP contribution < -0.4 is 10.6 Å². The molecule has 2 aliphatic heterocycles. The lowest BCUT2D eigenvalue weighted by Gasteiger charge is -2.30. The molecule has 2 aromatic rings. The zero-order valence-electron chi connectivity index (χ0n) is 23.5. The summed E-state index contributed by atoms with van der Waals surface area (Å²) >= 11 is 3.27. The molecule has 2 aliphatic rings. The average Bonchev–Trinajstić information content (AvgIpc) is 2.94. The molecule has 4 rings (SSSR count). The Hall–Kier alpha value is -2.99. The van der Waals surface area contributed by atoms with E-state index in [1.807, 2.05) is 32.9 Å². The number of aromatic carboxylic acids is 2. The number of carboxylic acid groups (broad SMARTS) is 2. The molecule has 0 atom stereocenters. The van der Waals surface area contributed by atoms with Crippen molar-refractivity contribution in [1.29, 1.82) is 0 Å². The van der Waals surface area contributed by atoms with Crippen molar-refractivity contribution < 1.29 is 29.3 Å². The van der Waals surface area contributed by atoms with E-state index in [-0.39, 0.29) is 19.1 Å². The smallest absolute Gasteiger partial charge is 0.410 e. The highest BCUT2D eigenvalue weighted by molar-refractivity contribution is 9.08. The minimum atomic E-state index is -0.883. The number of rotatable bonds is 5. The molecular weight excluding hydrogens is 592 g/mol. The monoisotopic (exact) mass is 636 g/mol. The van der Waals surface area contributed by atoms with Gasteiger partial charge in [0.05, 0.1) is 11.1 Å². The van der Waals surface area contributed by atoms with Crippen molar-refractivity contribution >= 4 is 34.0 Å². The summed E-state index contributed by atoms with van der Waals surface area (Å²) in [5, 5.41) is 24.6. The number of halogens is 1. The summed E-state index contributed by atoms with van der Waals surface area (Å²) in [6, 6.07) is 13.9. The van der Waals surface area contributed by atoms with E-state index in [9.17, 15) is 14.4 Å². The van der Waals surface area contributed by atoms with Crippen LogP contribution in [0, 0.1) is 0 Å². The molecule has 0 spiro atoms. The first-order valence-electron chi connectivity index (χ1n) is 13.3. The lowest BCUT2D eigenvalue weighted by Crippen LogP contribution is -2.48. The van der Waals surface area contributed by atoms with Gasteiger partial charge in [-0.05, 0) is 56.2 Å². The number of carbonyl (C=O) groups excluding carboxylic acids is 1. The molecule has 1 amide bonds. The van der Waals surface area contributed by atoms with Crippen molar-refractivity contribution in [3.05, 3.63) is 70.8 Å². The molecule has 2 heterocycles. The van der Waals surface area contributed by atoms with Crippen LogP contribution in [0.15, 0.2) is 48.5 Å². The number of ether oxygens (including phenoxy) is 1. The first-order valence-corrected chi connectivity index (χ1v) is 14.4. The predicted molar refractivity (Wildman–Crippen MR) is 165 cm³/mol. The van der Waals surface area contributed by atoms with Crippen molar-refractivity contribution in [1.82, 2.24) is 20.4 Å². The van der Waals surface area contributed by atoms with Gasteiger partial charge in [-0.25, -0.2) is 14.4 Å². The second-order valence-electron chi connectivity index (χ2n) is 10.4. The van der Waals surface area contributed by atoms with Crippen LogP contribution in [-0.4, -0.2) is 96.0 Å². The van der Waals surface area contributed by atoms with Crippen molar-refractivity contribution in [2.45, 2.75) is 45.7 Å². The summed E-state index contributed by atoms with van der Waals surface area (Å²) in [6.07, 6.45) is -0.200. The molecular formula is C30H45BrN4O6. The van der Waals surface area contributed by atoms with Crippen molar-refractivity contribution in [2.24, 2.45) is 0 Å². The zero-order chi connectivity index (χ0) is 29.5. The molecule has 0 radical (unpaired) electrons. The lowest BCUT2D eigenvalue weighted by atomic mass is 10.1. The fourth-order valence-electron chi connectivity index (χ4n) is 3.79. The maximum atomic E-state index is 11.5. The lowest BCUT2D eigenvalue weighted by molar-refractivity contribution is 0.0228. The Bertz CT molecular complexity index is 1060. The second-order valence-corrected chi connectivity index (χ2v) is 10.9. The van der Waals surface area contributed by atoms with E-state index in [1.165, 1.54) is 5.56 Å². The Morgan fingerprint density at radius 3 is 1.59 bits per heavy atom. The van der Waals surface area contributed by atoms with Gasteiger partial charge in [-0.1, -0.05) is 47.6 Å². The number of nitrogens with zero attached hydrogens (tertiary/aromatic N) is 2. The number of carbonyl (C=O) groups is 3. The molecule has 10 nitrogen and oxygen atoms in total. The summed E-state index contributed by atoms with van der Waals surface area (Å²) in [5.74, 6) is -1.75. The Labute approximate surface area is 252 Å². The van der Waals surface area contributed by atoms with Crippen LogP contribution in [0.2, 0.25) is 0 Å². The zero-order valence-corrected chi connectivity index (χ0v) is 25.1. The van der Waals surface area contributed by atoms with Crippen molar-refractivity contribution in [3.63, 3.8) is 0 Å². The number of hydrogen-bond acceptors (Lipinski definition) is 7. The third kappa shape index (κ3) is 14.5. The Morgan fingerprint density at radius 1 is 0.780 bits per heavy atom. The number of nitrogens with one attached hydrogen (secondary N) is 2. The SMILES string of the molecule is C.CC(C)(C)OC(=O)N1CCNCC1.O=C(O)c1ccc(CBr)cc1.O=C(O)c1ccc(CN2CCNCC2)cc1. The fourth-order valence-corrected chi connectivity index (χ4v) is 4.16. The number of alkyl halides is 1. The Morgan fingerprint density at radius 2 is 1.20 bits per heavy atom. The van der Waals surface area contributed by atoms with Crippen LogP contribution in [0.25, 0.3) is 0 Å². The van der Waals surface area contributed by atoms with Gasteiger partial charge < -0.3 is 30.5 Å². The van der Waals surface area contributed by atoms with E-state index in [4.69, 9.17) is 14.9 Å². The first-order chi connectivity index (χ1) is 19.0. The van der Waals surface area contributed by atoms with Crippen LogP contribution in [0.5, 0.6) is 0 Å². The van der Waals surface area contributed by atoms with Gasteiger partial charge in [0, 0.05) is 64.2 Å². The topological polar surface area (TPSA) is 131 Å². The normalized spacial score (nSPS) is 15.2. The van der Waals surface area contributed by atoms with Crippen LogP contribution in [0.3, 0.4) is 0 Å². The molecule has 2 aromatic carbocycles. The predicted octanol–water partition coefficient (Wildman–Crippen LogP) is 4.53. The van der Waals surface area contributed by atoms with E-state index >= 15 is 0 Å². The fraction of sp³-hybridized carbons (Fsp3) is 0.500. The van der Waals surface area contributed by atoms with Crippen molar-refractivity contribution in [2.75, 3.05) is 52.4 Å². The summed E-state index contributed by atoms with van der Waals surface area (Å²) in [6.45, 7) is 13.9. The van der Waals surface area contributed by atoms with E-state index in [1.54, 1.807) is 41.3 Å². The van der Waals surface area contributed by atoms with Crippen LogP contribution >= 0.6 is 15.9 Å². The molecule has 0 aliphatic carbocycles. The third-order valence-electron chi connectivity index (χ3n) is 5.94. The van der Waals surface area contributed by atoms with Gasteiger partial charge in [-0.15, -0.1) is 0 Å². The Kier molecular flexibility index (Phi) is 16.2. The van der Waals surface area contributed by atoms with E-state index in [0.717, 1.165) is 69.8 Å². The molecule has 0 saturated carbocycles. The van der Waals surface area contributed by atoms with E-state index < -0.39 is 11.9 Å². The minimum absolute atomic E-state index is 0. The van der Waals surface area contributed by atoms with Gasteiger partial charge in [-0.3, -0.25) is 4.90 Å². The van der Waals surface area contributed by atoms with E-state index in [2.05, 4.69) is 31.5 Å².